The fraction of sp³-hybridized carbons (Fsp3) is 0.647. The van der Waals surface area contributed by atoms with Crippen LogP contribution in [0, 0.1) is 5.92 Å². The number of ether oxygens (including phenoxy) is 1. The molecular weight excluding hydrogens is 320 g/mol. The average molecular weight is 344 g/mol. The van der Waals surface area contributed by atoms with E-state index in [0.29, 0.717) is 13.1 Å². The minimum Gasteiger partial charge on any atom is -0.372 e. The number of nitrogens with zero attached hydrogens (tertiary/aromatic N) is 6. The fourth-order valence-electron chi connectivity index (χ4n) is 3.86. The lowest BCUT2D eigenvalue weighted by Crippen LogP contribution is -2.51. The molecule has 0 spiro atoms. The number of hydrogen-bond donors (Lipinski definition) is 0. The zero-order valence-corrected chi connectivity index (χ0v) is 14.7. The van der Waals surface area contributed by atoms with E-state index in [4.69, 9.17) is 4.74 Å². The third-order valence-corrected chi connectivity index (χ3v) is 5.05. The van der Waals surface area contributed by atoms with Crippen molar-refractivity contribution in [3.05, 3.63) is 18.5 Å². The molecule has 8 nitrogen and oxygen atoms in total. The van der Waals surface area contributed by atoms with E-state index >= 15 is 0 Å². The van der Waals surface area contributed by atoms with E-state index in [9.17, 15) is 4.79 Å². The number of aromatic nitrogens is 4. The summed E-state index contributed by atoms with van der Waals surface area (Å²) in [6.07, 6.45) is 3.57. The van der Waals surface area contributed by atoms with Crippen LogP contribution in [0.1, 0.15) is 26.7 Å². The van der Waals surface area contributed by atoms with Gasteiger partial charge in [0.1, 0.15) is 12.1 Å². The number of anilines is 1. The average Bonchev–Trinajstić information content (AvgIpc) is 3.08. The maximum atomic E-state index is 12.8. The van der Waals surface area contributed by atoms with Crippen LogP contribution >= 0.6 is 0 Å². The summed E-state index contributed by atoms with van der Waals surface area (Å²) in [5.41, 5.74) is 0.740. The second-order valence-electron chi connectivity index (χ2n) is 7.09. The number of amides is 1. The SMILES string of the molecule is C[C@@H]1CN(C(=O)C2CCN(c3ccc4nncn4n3)CC2)C[C@@H](C)O1. The van der Waals surface area contributed by atoms with Gasteiger partial charge < -0.3 is 14.5 Å². The number of piperidine rings is 1. The third kappa shape index (κ3) is 3.30. The van der Waals surface area contributed by atoms with Crippen LogP contribution in [0.4, 0.5) is 5.82 Å². The molecule has 1 amide bonds. The smallest absolute Gasteiger partial charge is 0.225 e. The van der Waals surface area contributed by atoms with Gasteiger partial charge in [-0.1, -0.05) is 0 Å². The van der Waals surface area contributed by atoms with Gasteiger partial charge in [-0.2, -0.15) is 4.52 Å². The monoisotopic (exact) mass is 344 g/mol. The molecular formula is C17H24N6O2. The summed E-state index contributed by atoms with van der Waals surface area (Å²) in [4.78, 5) is 17.1. The Balaban J connectivity index is 1.38. The first-order chi connectivity index (χ1) is 12.1. The number of carbonyl (C=O) groups excluding carboxylic acids is 1. The van der Waals surface area contributed by atoms with Gasteiger partial charge in [0.05, 0.1) is 12.2 Å². The molecule has 2 fully saturated rings. The molecule has 0 unspecified atom stereocenters. The zero-order valence-electron chi connectivity index (χ0n) is 14.7. The lowest BCUT2D eigenvalue weighted by atomic mass is 9.94. The quantitative estimate of drug-likeness (QED) is 0.808. The first kappa shape index (κ1) is 16.3. The van der Waals surface area contributed by atoms with Crippen LogP contribution in [0.5, 0.6) is 0 Å². The Bertz CT molecular complexity index is 744. The van der Waals surface area contributed by atoms with Crippen LogP contribution in [0.15, 0.2) is 18.5 Å². The second-order valence-corrected chi connectivity index (χ2v) is 7.09. The van der Waals surface area contributed by atoms with Gasteiger partial charge in [-0.15, -0.1) is 15.3 Å². The lowest BCUT2D eigenvalue weighted by molar-refractivity contribution is -0.148. The molecule has 0 N–H and O–H groups in total. The highest BCUT2D eigenvalue weighted by atomic mass is 16.5. The molecule has 4 rings (SSSR count). The molecule has 4 heterocycles. The predicted octanol–water partition coefficient (Wildman–Crippen LogP) is 0.977. The lowest BCUT2D eigenvalue weighted by Gasteiger charge is -2.39. The number of morpholine rings is 1. The van der Waals surface area contributed by atoms with Crippen molar-refractivity contribution < 1.29 is 9.53 Å². The number of carbonyl (C=O) groups is 1. The summed E-state index contributed by atoms with van der Waals surface area (Å²) in [5, 5.41) is 12.4. The highest BCUT2D eigenvalue weighted by Gasteiger charge is 2.32. The number of rotatable bonds is 2. The Morgan fingerprint density at radius 3 is 2.60 bits per heavy atom. The highest BCUT2D eigenvalue weighted by molar-refractivity contribution is 5.79. The van der Waals surface area contributed by atoms with E-state index < -0.39 is 0 Å². The summed E-state index contributed by atoms with van der Waals surface area (Å²) in [7, 11) is 0. The van der Waals surface area contributed by atoms with Gasteiger partial charge >= 0.3 is 0 Å². The van der Waals surface area contributed by atoms with Gasteiger partial charge in [-0.25, -0.2) is 0 Å². The fourth-order valence-corrected chi connectivity index (χ4v) is 3.86. The van der Waals surface area contributed by atoms with Gasteiger partial charge in [0.25, 0.3) is 0 Å². The summed E-state index contributed by atoms with van der Waals surface area (Å²) < 4.78 is 7.42. The van der Waals surface area contributed by atoms with E-state index in [0.717, 1.165) is 37.4 Å². The van der Waals surface area contributed by atoms with Crippen molar-refractivity contribution in [2.24, 2.45) is 5.92 Å². The number of hydrogen-bond acceptors (Lipinski definition) is 6. The molecule has 2 aliphatic rings. The minimum atomic E-state index is 0.104. The van der Waals surface area contributed by atoms with Crippen molar-refractivity contribution in [1.82, 2.24) is 24.7 Å². The Labute approximate surface area is 146 Å². The summed E-state index contributed by atoms with van der Waals surface area (Å²) in [5.74, 6) is 1.29. The largest absolute Gasteiger partial charge is 0.372 e. The van der Waals surface area contributed by atoms with E-state index in [-0.39, 0.29) is 24.0 Å². The van der Waals surface area contributed by atoms with Crippen LogP contribution in [0.2, 0.25) is 0 Å². The van der Waals surface area contributed by atoms with E-state index in [1.807, 2.05) is 30.9 Å². The summed E-state index contributed by atoms with van der Waals surface area (Å²) in [6, 6.07) is 3.89. The van der Waals surface area contributed by atoms with Crippen molar-refractivity contribution in [3.63, 3.8) is 0 Å². The zero-order chi connectivity index (χ0) is 17.4. The van der Waals surface area contributed by atoms with Crippen LogP contribution < -0.4 is 4.90 Å². The maximum absolute atomic E-state index is 12.8. The van der Waals surface area contributed by atoms with Crippen LogP contribution in [-0.4, -0.2) is 69.0 Å². The standard InChI is InChI=1S/C17H24N6O2/c1-12-9-22(10-13(2)25-12)17(24)14-5-7-21(8-6-14)16-4-3-15-19-18-11-23(15)20-16/h3-4,11-14H,5-10H2,1-2H3/t12-,13-/m1/s1. The van der Waals surface area contributed by atoms with Gasteiger partial charge in [-0.3, -0.25) is 4.79 Å². The molecule has 2 saturated heterocycles. The molecule has 2 aliphatic heterocycles. The minimum absolute atomic E-state index is 0.104. The van der Waals surface area contributed by atoms with Crippen LogP contribution in [0.25, 0.3) is 5.65 Å². The van der Waals surface area contributed by atoms with Gasteiger partial charge in [0, 0.05) is 32.1 Å². The first-order valence-corrected chi connectivity index (χ1v) is 8.96. The molecule has 0 bridgehead atoms. The van der Waals surface area contributed by atoms with Crippen molar-refractivity contribution in [2.45, 2.75) is 38.9 Å². The summed E-state index contributed by atoms with van der Waals surface area (Å²) in [6.45, 7) is 7.15. The van der Waals surface area contributed by atoms with E-state index in [1.54, 1.807) is 10.8 Å². The second kappa shape index (κ2) is 6.59. The molecule has 0 saturated carbocycles. The Hall–Kier alpha value is -2.22. The molecule has 0 aromatic carbocycles. The summed E-state index contributed by atoms with van der Waals surface area (Å²) >= 11 is 0. The normalized spacial score (nSPS) is 25.5. The molecule has 0 radical (unpaired) electrons. The van der Waals surface area contributed by atoms with Crippen molar-refractivity contribution in [3.8, 4) is 0 Å². The molecule has 8 heteroatoms. The van der Waals surface area contributed by atoms with Crippen molar-refractivity contribution in [1.29, 1.82) is 0 Å². The Morgan fingerprint density at radius 2 is 1.88 bits per heavy atom. The molecule has 0 aliphatic carbocycles. The predicted molar refractivity (Wildman–Crippen MR) is 92.3 cm³/mol. The van der Waals surface area contributed by atoms with Gasteiger partial charge in [0.2, 0.25) is 5.91 Å². The molecule has 2 aromatic rings. The first-order valence-electron chi connectivity index (χ1n) is 8.96. The Kier molecular flexibility index (Phi) is 4.29. The van der Waals surface area contributed by atoms with Crippen LogP contribution in [0.3, 0.4) is 0 Å². The van der Waals surface area contributed by atoms with Crippen molar-refractivity contribution in [2.75, 3.05) is 31.1 Å². The molecule has 25 heavy (non-hydrogen) atoms. The van der Waals surface area contributed by atoms with E-state index in [2.05, 4.69) is 20.2 Å². The Morgan fingerprint density at radius 1 is 1.16 bits per heavy atom. The molecule has 134 valence electrons. The third-order valence-electron chi connectivity index (χ3n) is 5.05. The highest BCUT2D eigenvalue weighted by Crippen LogP contribution is 2.25. The van der Waals surface area contributed by atoms with Crippen molar-refractivity contribution >= 4 is 17.4 Å². The maximum Gasteiger partial charge on any atom is 0.225 e. The van der Waals surface area contributed by atoms with Gasteiger partial charge in [0.15, 0.2) is 5.65 Å². The van der Waals surface area contributed by atoms with E-state index in [1.165, 1.54) is 0 Å². The van der Waals surface area contributed by atoms with Gasteiger partial charge in [-0.05, 0) is 38.8 Å². The van der Waals surface area contributed by atoms with Crippen LogP contribution in [-0.2, 0) is 9.53 Å². The molecule has 2 atom stereocenters. The topological polar surface area (TPSA) is 75.9 Å². The number of fused-ring (bicyclic) bond motifs is 1. The molecule has 2 aromatic heterocycles.